The molecular weight excluding hydrogens is 314 g/mol. The summed E-state index contributed by atoms with van der Waals surface area (Å²) in [6.45, 7) is 5.07. The molecule has 2 aromatic carbocycles. The van der Waals surface area contributed by atoms with Crippen molar-refractivity contribution >= 4 is 17.5 Å². The molecule has 25 heavy (non-hydrogen) atoms. The van der Waals surface area contributed by atoms with Crippen molar-refractivity contribution in [3.63, 3.8) is 0 Å². The number of carbonyl (C=O) groups excluding carboxylic acids is 2. The lowest BCUT2D eigenvalue weighted by molar-refractivity contribution is -0.120. The van der Waals surface area contributed by atoms with E-state index in [4.69, 9.17) is 0 Å². The first-order chi connectivity index (χ1) is 12.0. The third kappa shape index (κ3) is 5.95. The van der Waals surface area contributed by atoms with Crippen LogP contribution in [0.1, 0.15) is 21.5 Å². The zero-order valence-corrected chi connectivity index (χ0v) is 15.0. The summed E-state index contributed by atoms with van der Waals surface area (Å²) < 4.78 is 0. The molecule has 0 aliphatic rings. The third-order valence-electron chi connectivity index (χ3n) is 3.86. The van der Waals surface area contributed by atoms with Crippen molar-refractivity contribution in [2.75, 3.05) is 31.6 Å². The maximum atomic E-state index is 12.1. The Morgan fingerprint density at radius 2 is 1.60 bits per heavy atom. The Morgan fingerprint density at radius 1 is 0.960 bits per heavy atom. The molecule has 0 fully saturated rings. The third-order valence-corrected chi connectivity index (χ3v) is 3.86. The molecule has 0 saturated heterocycles. The molecule has 0 unspecified atom stereocenters. The second-order valence-electron chi connectivity index (χ2n) is 6.17. The molecule has 0 spiro atoms. The summed E-state index contributed by atoms with van der Waals surface area (Å²) in [7, 11) is 1.98. The first-order valence-corrected chi connectivity index (χ1v) is 8.35. The van der Waals surface area contributed by atoms with E-state index in [1.54, 1.807) is 0 Å². The van der Waals surface area contributed by atoms with Crippen LogP contribution >= 0.6 is 0 Å². The van der Waals surface area contributed by atoms with Crippen molar-refractivity contribution in [2.24, 2.45) is 0 Å². The molecule has 5 nitrogen and oxygen atoms in total. The second kappa shape index (κ2) is 8.87. The van der Waals surface area contributed by atoms with E-state index in [2.05, 4.69) is 15.5 Å². The fourth-order valence-corrected chi connectivity index (χ4v) is 2.61. The van der Waals surface area contributed by atoms with Crippen molar-refractivity contribution in [1.82, 2.24) is 10.6 Å². The monoisotopic (exact) mass is 339 g/mol. The summed E-state index contributed by atoms with van der Waals surface area (Å²) in [4.78, 5) is 26.1. The van der Waals surface area contributed by atoms with Gasteiger partial charge in [0.2, 0.25) is 5.91 Å². The van der Waals surface area contributed by atoms with Crippen LogP contribution in [-0.2, 0) is 4.79 Å². The standard InChI is InChI=1S/C20H25N3O2/c1-15-11-16(2)13-17(12-15)20(25)22-14-19(24)21-9-10-23(3)18-7-5-4-6-8-18/h4-8,11-13H,9-10,14H2,1-3H3,(H,21,24)(H,22,25). The molecule has 5 heteroatoms. The quantitative estimate of drug-likeness (QED) is 0.814. The van der Waals surface area contributed by atoms with E-state index in [0.717, 1.165) is 16.8 Å². The maximum absolute atomic E-state index is 12.1. The number of carbonyl (C=O) groups is 2. The molecule has 0 radical (unpaired) electrons. The second-order valence-corrected chi connectivity index (χ2v) is 6.17. The number of likely N-dealkylation sites (N-methyl/N-ethyl adjacent to an activating group) is 1. The number of benzene rings is 2. The molecule has 132 valence electrons. The SMILES string of the molecule is Cc1cc(C)cc(C(=O)NCC(=O)NCCN(C)c2ccccc2)c1. The summed E-state index contributed by atoms with van der Waals surface area (Å²) in [5.41, 5.74) is 3.73. The molecule has 0 aromatic heterocycles. The summed E-state index contributed by atoms with van der Waals surface area (Å²) in [5.74, 6) is -0.428. The number of amides is 2. The predicted molar refractivity (Wildman–Crippen MR) is 101 cm³/mol. The Labute approximate surface area is 149 Å². The molecule has 0 saturated carbocycles. The maximum Gasteiger partial charge on any atom is 0.251 e. The van der Waals surface area contributed by atoms with E-state index in [1.807, 2.05) is 69.4 Å². The van der Waals surface area contributed by atoms with E-state index in [1.165, 1.54) is 0 Å². The highest BCUT2D eigenvalue weighted by molar-refractivity contribution is 5.96. The number of nitrogens with zero attached hydrogens (tertiary/aromatic N) is 1. The predicted octanol–water partition coefficient (Wildman–Crippen LogP) is 2.29. The average Bonchev–Trinajstić information content (AvgIpc) is 2.59. The Hall–Kier alpha value is -2.82. The minimum absolute atomic E-state index is 0.0269. The summed E-state index contributed by atoms with van der Waals surface area (Å²) >= 11 is 0. The molecule has 0 heterocycles. The van der Waals surface area contributed by atoms with Gasteiger partial charge in [0.1, 0.15) is 0 Å². The van der Waals surface area contributed by atoms with E-state index in [-0.39, 0.29) is 18.4 Å². The lowest BCUT2D eigenvalue weighted by Gasteiger charge is -2.19. The van der Waals surface area contributed by atoms with Crippen LogP contribution in [0.3, 0.4) is 0 Å². The molecule has 0 aliphatic heterocycles. The molecule has 2 aromatic rings. The number of hydrogen-bond donors (Lipinski definition) is 2. The highest BCUT2D eigenvalue weighted by Crippen LogP contribution is 2.10. The average molecular weight is 339 g/mol. The molecule has 0 bridgehead atoms. The van der Waals surface area contributed by atoms with Crippen LogP contribution in [0.25, 0.3) is 0 Å². The van der Waals surface area contributed by atoms with Gasteiger partial charge < -0.3 is 15.5 Å². The van der Waals surface area contributed by atoms with Gasteiger partial charge in [0.25, 0.3) is 5.91 Å². The minimum Gasteiger partial charge on any atom is -0.373 e. The van der Waals surface area contributed by atoms with Crippen LogP contribution in [-0.4, -0.2) is 38.5 Å². The normalized spacial score (nSPS) is 10.2. The van der Waals surface area contributed by atoms with Gasteiger partial charge >= 0.3 is 0 Å². The van der Waals surface area contributed by atoms with Gasteiger partial charge in [-0.05, 0) is 38.1 Å². The summed E-state index contributed by atoms with van der Waals surface area (Å²) in [6.07, 6.45) is 0. The molecule has 0 atom stereocenters. The molecule has 2 amide bonds. The topological polar surface area (TPSA) is 61.4 Å². The van der Waals surface area contributed by atoms with Gasteiger partial charge in [0.15, 0.2) is 0 Å². The van der Waals surface area contributed by atoms with E-state index >= 15 is 0 Å². The number of hydrogen-bond acceptors (Lipinski definition) is 3. The number of nitrogens with one attached hydrogen (secondary N) is 2. The fraction of sp³-hybridized carbons (Fsp3) is 0.300. The van der Waals surface area contributed by atoms with Crippen LogP contribution < -0.4 is 15.5 Å². The van der Waals surface area contributed by atoms with Crippen molar-refractivity contribution in [1.29, 1.82) is 0 Å². The van der Waals surface area contributed by atoms with E-state index in [0.29, 0.717) is 18.7 Å². The van der Waals surface area contributed by atoms with Crippen LogP contribution in [0.5, 0.6) is 0 Å². The number of anilines is 1. The lowest BCUT2D eigenvalue weighted by Crippen LogP contribution is -2.40. The summed E-state index contributed by atoms with van der Waals surface area (Å²) in [5, 5.41) is 5.48. The van der Waals surface area contributed by atoms with Gasteiger partial charge in [-0.1, -0.05) is 35.4 Å². The van der Waals surface area contributed by atoms with Crippen molar-refractivity contribution < 1.29 is 9.59 Å². The Kier molecular flexibility index (Phi) is 6.57. The first kappa shape index (κ1) is 18.5. The van der Waals surface area contributed by atoms with Gasteiger partial charge in [0, 0.05) is 31.4 Å². The van der Waals surface area contributed by atoms with Crippen molar-refractivity contribution in [3.8, 4) is 0 Å². The first-order valence-electron chi connectivity index (χ1n) is 8.35. The molecular formula is C20H25N3O2. The minimum atomic E-state index is -0.233. The highest BCUT2D eigenvalue weighted by atomic mass is 16.2. The number of para-hydroxylation sites is 1. The van der Waals surface area contributed by atoms with Gasteiger partial charge in [-0.3, -0.25) is 9.59 Å². The van der Waals surface area contributed by atoms with Crippen molar-refractivity contribution in [2.45, 2.75) is 13.8 Å². The van der Waals surface area contributed by atoms with Crippen LogP contribution in [0.2, 0.25) is 0 Å². The van der Waals surface area contributed by atoms with E-state index in [9.17, 15) is 9.59 Å². The molecule has 2 rings (SSSR count). The van der Waals surface area contributed by atoms with Gasteiger partial charge in [-0.25, -0.2) is 0 Å². The van der Waals surface area contributed by atoms with Crippen LogP contribution in [0.4, 0.5) is 5.69 Å². The molecule has 2 N–H and O–H groups in total. The van der Waals surface area contributed by atoms with Crippen molar-refractivity contribution in [3.05, 3.63) is 65.2 Å². The fourth-order valence-electron chi connectivity index (χ4n) is 2.61. The van der Waals surface area contributed by atoms with Crippen LogP contribution in [0.15, 0.2) is 48.5 Å². The summed E-state index contributed by atoms with van der Waals surface area (Å²) in [6, 6.07) is 15.6. The largest absolute Gasteiger partial charge is 0.373 e. The Bertz CT molecular complexity index is 709. The Morgan fingerprint density at radius 3 is 2.24 bits per heavy atom. The Balaban J connectivity index is 1.72. The van der Waals surface area contributed by atoms with Gasteiger partial charge in [-0.2, -0.15) is 0 Å². The number of rotatable bonds is 7. The smallest absolute Gasteiger partial charge is 0.251 e. The van der Waals surface area contributed by atoms with Gasteiger partial charge in [-0.15, -0.1) is 0 Å². The zero-order valence-electron chi connectivity index (χ0n) is 15.0. The highest BCUT2D eigenvalue weighted by Gasteiger charge is 2.09. The van der Waals surface area contributed by atoms with Crippen LogP contribution in [0, 0.1) is 13.8 Å². The number of aryl methyl sites for hydroxylation is 2. The molecule has 0 aliphatic carbocycles. The zero-order chi connectivity index (χ0) is 18.2. The van der Waals surface area contributed by atoms with E-state index < -0.39 is 0 Å². The lowest BCUT2D eigenvalue weighted by atomic mass is 10.1. The van der Waals surface area contributed by atoms with Gasteiger partial charge in [0.05, 0.1) is 6.54 Å².